The van der Waals surface area contributed by atoms with E-state index < -0.39 is 8.60 Å². The van der Waals surface area contributed by atoms with Gasteiger partial charge in [-0.1, -0.05) is 154 Å². The third-order valence-electron chi connectivity index (χ3n) is 8.32. The second kappa shape index (κ2) is 12.9. The Hall–Kier alpha value is -2.51. The van der Waals surface area contributed by atoms with E-state index in [9.17, 15) is 0 Å². The first-order chi connectivity index (χ1) is 20.3. The third kappa shape index (κ3) is 9.51. The molecule has 0 aliphatic rings. The maximum atomic E-state index is 6.87. The van der Waals surface area contributed by atoms with Crippen molar-refractivity contribution in [3.63, 3.8) is 0 Å². The Labute approximate surface area is 277 Å². The Morgan fingerprint density at radius 3 is 1.04 bits per heavy atom. The average Bonchev–Trinajstić information content (AvgIpc) is 2.86. The van der Waals surface area contributed by atoms with Crippen molar-refractivity contribution in [3.8, 4) is 17.2 Å². The lowest BCUT2D eigenvalue weighted by Gasteiger charge is -2.30. The summed E-state index contributed by atoms with van der Waals surface area (Å²) in [6, 6.07) is 19.7. The molecule has 3 rings (SSSR count). The second-order valence-corrected chi connectivity index (χ2v) is 19.1. The summed E-state index contributed by atoms with van der Waals surface area (Å²) >= 11 is 0. The minimum atomic E-state index is -1.87. The molecule has 3 nitrogen and oxygen atoms in total. The molecule has 0 bridgehead atoms. The highest BCUT2D eigenvalue weighted by Crippen LogP contribution is 2.49. The SMILES string of the molecule is CC(C)c1cc(C(C)(C)C)ccc1OP(Oc1ccc(C(C)(C)C)cc1C(C)(C)C)Oc1ccc(C(C)(C)C)cc1C(C)(C)C. The molecule has 0 N–H and O–H groups in total. The highest BCUT2D eigenvalue weighted by molar-refractivity contribution is 7.43. The minimum absolute atomic E-state index is 0.0215. The number of hydrogen-bond donors (Lipinski definition) is 0. The maximum absolute atomic E-state index is 6.87. The molecule has 248 valence electrons. The fourth-order valence-corrected chi connectivity index (χ4v) is 6.25. The van der Waals surface area contributed by atoms with Gasteiger partial charge in [0.2, 0.25) is 0 Å². The van der Waals surface area contributed by atoms with E-state index in [2.05, 4.69) is 172 Å². The van der Waals surface area contributed by atoms with Crippen molar-refractivity contribution in [2.75, 3.05) is 0 Å². The van der Waals surface area contributed by atoms with Gasteiger partial charge in [-0.25, -0.2) is 0 Å². The Morgan fingerprint density at radius 2 is 0.733 bits per heavy atom. The van der Waals surface area contributed by atoms with Gasteiger partial charge in [0, 0.05) is 11.1 Å². The Kier molecular flexibility index (Phi) is 10.6. The van der Waals surface area contributed by atoms with E-state index >= 15 is 0 Å². The zero-order chi connectivity index (χ0) is 34.3. The summed E-state index contributed by atoms with van der Waals surface area (Å²) in [5.41, 5.74) is 7.07. The highest BCUT2D eigenvalue weighted by atomic mass is 31.2. The first-order valence-corrected chi connectivity index (χ1v) is 17.7. The van der Waals surface area contributed by atoms with Crippen molar-refractivity contribution in [2.45, 2.75) is 151 Å². The van der Waals surface area contributed by atoms with Crippen LogP contribution in [0.25, 0.3) is 0 Å². The van der Waals surface area contributed by atoms with Crippen LogP contribution in [0.15, 0.2) is 54.6 Å². The zero-order valence-electron chi connectivity index (χ0n) is 31.4. The fourth-order valence-electron chi connectivity index (χ4n) is 5.17. The van der Waals surface area contributed by atoms with Crippen LogP contribution >= 0.6 is 8.60 Å². The van der Waals surface area contributed by atoms with Gasteiger partial charge >= 0.3 is 8.60 Å². The van der Waals surface area contributed by atoms with Crippen LogP contribution in [-0.4, -0.2) is 0 Å². The van der Waals surface area contributed by atoms with E-state index in [1.54, 1.807) is 0 Å². The first kappa shape index (κ1) is 37.0. The van der Waals surface area contributed by atoms with E-state index in [0.29, 0.717) is 0 Å². The van der Waals surface area contributed by atoms with Crippen molar-refractivity contribution in [1.29, 1.82) is 0 Å². The quantitative estimate of drug-likeness (QED) is 0.243. The molecular weight excluding hydrogens is 571 g/mol. The lowest BCUT2D eigenvalue weighted by atomic mass is 9.80. The molecule has 0 unspecified atom stereocenters. The molecule has 0 saturated carbocycles. The predicted molar refractivity (Wildman–Crippen MR) is 196 cm³/mol. The van der Waals surface area contributed by atoms with Crippen molar-refractivity contribution >= 4 is 8.60 Å². The Morgan fingerprint density at radius 1 is 0.422 bits per heavy atom. The molecule has 4 heteroatoms. The van der Waals surface area contributed by atoms with Crippen LogP contribution in [0.1, 0.15) is 157 Å². The van der Waals surface area contributed by atoms with Gasteiger partial charge in [-0.3, -0.25) is 0 Å². The van der Waals surface area contributed by atoms with Gasteiger partial charge < -0.3 is 13.6 Å². The highest BCUT2D eigenvalue weighted by Gasteiger charge is 2.31. The number of hydrogen-bond acceptors (Lipinski definition) is 3. The van der Waals surface area contributed by atoms with E-state index in [1.165, 1.54) is 16.7 Å². The monoisotopic (exact) mass is 632 g/mol. The largest absolute Gasteiger partial charge is 0.530 e. The van der Waals surface area contributed by atoms with Crippen LogP contribution in [0.2, 0.25) is 0 Å². The van der Waals surface area contributed by atoms with E-state index in [-0.39, 0.29) is 33.0 Å². The summed E-state index contributed by atoms with van der Waals surface area (Å²) in [6.45, 7) is 38.1. The van der Waals surface area contributed by atoms with Crippen LogP contribution in [0.4, 0.5) is 0 Å². The van der Waals surface area contributed by atoms with E-state index in [0.717, 1.165) is 33.9 Å². The normalized spacial score (nSPS) is 13.4. The molecule has 0 radical (unpaired) electrons. The smallest absolute Gasteiger partial charge is 0.408 e. The Balaban J connectivity index is 2.20. The number of rotatable bonds is 7. The van der Waals surface area contributed by atoms with Gasteiger partial charge in [0.05, 0.1) is 0 Å². The summed E-state index contributed by atoms with van der Waals surface area (Å²) < 4.78 is 20.6. The van der Waals surface area contributed by atoms with Gasteiger partial charge in [0.15, 0.2) is 0 Å². The molecule has 0 aromatic heterocycles. The summed E-state index contributed by atoms with van der Waals surface area (Å²) in [5.74, 6) is 2.66. The molecule has 0 aliphatic heterocycles. The molecule has 0 saturated heterocycles. The van der Waals surface area contributed by atoms with Gasteiger partial charge in [0.1, 0.15) is 17.2 Å². The van der Waals surface area contributed by atoms with Gasteiger partial charge in [-0.2, -0.15) is 0 Å². The van der Waals surface area contributed by atoms with E-state index in [4.69, 9.17) is 13.6 Å². The van der Waals surface area contributed by atoms with Crippen molar-refractivity contribution in [1.82, 2.24) is 0 Å². The lowest BCUT2D eigenvalue weighted by molar-refractivity contribution is 0.374. The van der Waals surface area contributed by atoms with Crippen LogP contribution in [0, 0.1) is 0 Å². The lowest BCUT2D eigenvalue weighted by Crippen LogP contribution is -2.19. The molecule has 45 heavy (non-hydrogen) atoms. The minimum Gasteiger partial charge on any atom is -0.408 e. The Bertz CT molecular complexity index is 1390. The second-order valence-electron chi connectivity index (χ2n) is 18.1. The first-order valence-electron chi connectivity index (χ1n) is 16.6. The van der Waals surface area contributed by atoms with Crippen molar-refractivity contribution < 1.29 is 13.6 Å². The molecule has 0 amide bonds. The van der Waals surface area contributed by atoms with E-state index in [1.807, 2.05) is 0 Å². The topological polar surface area (TPSA) is 27.7 Å². The summed E-state index contributed by atoms with van der Waals surface area (Å²) in [4.78, 5) is 0. The standard InChI is InChI=1S/C41H61O3P/c1-27(2)31-24-28(37(3,4)5)18-21-34(31)42-45(43-35-22-19-29(38(6,7)8)25-32(35)40(12,13)14)44-36-23-20-30(39(9,10)11)26-33(36)41(15,16)17/h18-27H,1-17H3. The molecule has 0 fully saturated rings. The van der Waals surface area contributed by atoms with Crippen LogP contribution < -0.4 is 13.6 Å². The molecule has 3 aromatic rings. The van der Waals surface area contributed by atoms with Crippen molar-refractivity contribution in [2.24, 2.45) is 0 Å². The third-order valence-corrected chi connectivity index (χ3v) is 9.36. The summed E-state index contributed by atoms with van der Waals surface area (Å²) in [5, 5.41) is 0. The predicted octanol–water partition coefficient (Wildman–Crippen LogP) is 13.1. The fraction of sp³-hybridized carbons (Fsp3) is 0.561. The molecule has 0 aliphatic carbocycles. The average molecular weight is 633 g/mol. The van der Waals surface area contributed by atoms with Crippen molar-refractivity contribution in [3.05, 3.63) is 88.0 Å². The summed E-state index contributed by atoms with van der Waals surface area (Å²) in [7, 11) is -1.87. The van der Waals surface area contributed by atoms with Gasteiger partial charge in [-0.15, -0.1) is 0 Å². The van der Waals surface area contributed by atoms with Gasteiger partial charge in [0.25, 0.3) is 0 Å². The van der Waals surface area contributed by atoms with Crippen LogP contribution in [-0.2, 0) is 27.1 Å². The molecule has 0 spiro atoms. The molecule has 0 heterocycles. The molecule has 0 atom stereocenters. The van der Waals surface area contributed by atoms with Crippen LogP contribution in [0.3, 0.4) is 0 Å². The maximum Gasteiger partial charge on any atom is 0.530 e. The molecular formula is C41H61O3P. The van der Waals surface area contributed by atoms with Crippen LogP contribution in [0.5, 0.6) is 17.2 Å². The zero-order valence-corrected chi connectivity index (χ0v) is 32.3. The number of benzene rings is 3. The van der Waals surface area contributed by atoms with Gasteiger partial charge in [-0.05, 0) is 73.4 Å². The molecule has 3 aromatic carbocycles. The summed E-state index contributed by atoms with van der Waals surface area (Å²) in [6.07, 6.45) is 0.